The van der Waals surface area contributed by atoms with Crippen LogP contribution in [0.3, 0.4) is 0 Å². The molecule has 0 aromatic heterocycles. The number of carboxylic acids is 1. The number of hydrogen-bond acceptors (Lipinski definition) is 3. The maximum Gasteiger partial charge on any atom is 0.351 e. The Morgan fingerprint density at radius 1 is 1.65 bits per heavy atom. The summed E-state index contributed by atoms with van der Waals surface area (Å²) >= 11 is 3.22. The van der Waals surface area contributed by atoms with E-state index in [1.807, 2.05) is 0 Å². The lowest BCUT2D eigenvalue weighted by Crippen LogP contribution is -2.35. The van der Waals surface area contributed by atoms with E-state index in [2.05, 4.69) is 21.1 Å². The van der Waals surface area contributed by atoms with Gasteiger partial charge in [0.05, 0.1) is 5.71 Å². The molecule has 4 nitrogen and oxygen atoms in total. The SMILES string of the molecule is C[C@@]1(C(=O)O)CC(c2cc(Br)ccc2F)=NO1. The van der Waals surface area contributed by atoms with Crippen LogP contribution in [-0.2, 0) is 9.63 Å². The Bertz CT molecular complexity index is 517. The van der Waals surface area contributed by atoms with Crippen LogP contribution in [-0.4, -0.2) is 22.4 Å². The Kier molecular flexibility index (Phi) is 2.91. The number of carboxylic acid groups (broad SMARTS) is 1. The average molecular weight is 302 g/mol. The second-order valence-electron chi connectivity index (χ2n) is 3.97. The van der Waals surface area contributed by atoms with Gasteiger partial charge in [-0.1, -0.05) is 21.1 Å². The Labute approximate surface area is 105 Å². The quantitative estimate of drug-likeness (QED) is 0.913. The Hall–Kier alpha value is -1.43. The minimum Gasteiger partial charge on any atom is -0.478 e. The summed E-state index contributed by atoms with van der Waals surface area (Å²) in [5, 5.41) is 12.6. The van der Waals surface area contributed by atoms with Crippen molar-refractivity contribution in [3.05, 3.63) is 34.1 Å². The van der Waals surface area contributed by atoms with E-state index in [4.69, 9.17) is 9.94 Å². The normalized spacial score (nSPS) is 23.1. The van der Waals surface area contributed by atoms with Crippen molar-refractivity contribution < 1.29 is 19.1 Å². The van der Waals surface area contributed by atoms with Gasteiger partial charge in [0.2, 0.25) is 5.60 Å². The Balaban J connectivity index is 2.32. The summed E-state index contributed by atoms with van der Waals surface area (Å²) in [5.41, 5.74) is -0.859. The van der Waals surface area contributed by atoms with E-state index in [1.165, 1.54) is 13.0 Å². The fourth-order valence-electron chi connectivity index (χ4n) is 1.52. The minimum absolute atomic E-state index is 0.0374. The molecule has 1 N–H and O–H groups in total. The lowest BCUT2D eigenvalue weighted by atomic mass is 9.96. The van der Waals surface area contributed by atoms with Gasteiger partial charge >= 0.3 is 5.97 Å². The number of halogens is 2. The van der Waals surface area contributed by atoms with Gasteiger partial charge in [0.1, 0.15) is 5.82 Å². The molecule has 0 aliphatic carbocycles. The van der Waals surface area contributed by atoms with E-state index in [9.17, 15) is 9.18 Å². The topological polar surface area (TPSA) is 58.9 Å². The van der Waals surface area contributed by atoms with Crippen molar-refractivity contribution in [1.82, 2.24) is 0 Å². The van der Waals surface area contributed by atoms with Gasteiger partial charge in [-0.05, 0) is 25.1 Å². The highest BCUT2D eigenvalue weighted by Gasteiger charge is 2.42. The maximum atomic E-state index is 13.6. The summed E-state index contributed by atoms with van der Waals surface area (Å²) in [6, 6.07) is 4.40. The number of hydrogen-bond donors (Lipinski definition) is 1. The standard InChI is InChI=1S/C11H9BrFNO3/c1-11(10(15)16)5-9(14-17-11)7-4-6(12)2-3-8(7)13/h2-4H,5H2,1H3,(H,15,16)/t11-/m0/s1. The summed E-state index contributed by atoms with van der Waals surface area (Å²) in [7, 11) is 0. The van der Waals surface area contributed by atoms with Gasteiger partial charge in [-0.3, -0.25) is 0 Å². The van der Waals surface area contributed by atoms with Crippen LogP contribution in [0.4, 0.5) is 4.39 Å². The van der Waals surface area contributed by atoms with Gasteiger partial charge in [0.25, 0.3) is 0 Å². The Morgan fingerprint density at radius 2 is 2.35 bits per heavy atom. The smallest absolute Gasteiger partial charge is 0.351 e. The van der Waals surface area contributed by atoms with Crippen molar-refractivity contribution in [2.45, 2.75) is 18.9 Å². The van der Waals surface area contributed by atoms with Crippen LogP contribution in [0.1, 0.15) is 18.9 Å². The summed E-state index contributed by atoms with van der Waals surface area (Å²) in [5.74, 6) is -1.57. The molecule has 1 aliphatic rings. The molecule has 0 fully saturated rings. The zero-order valence-corrected chi connectivity index (χ0v) is 10.5. The maximum absolute atomic E-state index is 13.6. The van der Waals surface area contributed by atoms with Crippen molar-refractivity contribution in [2.75, 3.05) is 0 Å². The summed E-state index contributed by atoms with van der Waals surface area (Å²) in [4.78, 5) is 15.8. The molecule has 2 rings (SSSR count). The fraction of sp³-hybridized carbons (Fsp3) is 0.273. The zero-order chi connectivity index (χ0) is 12.6. The molecular formula is C11H9BrFNO3. The molecule has 0 unspecified atom stereocenters. The lowest BCUT2D eigenvalue weighted by molar-refractivity contribution is -0.160. The highest BCUT2D eigenvalue weighted by atomic mass is 79.9. The first-order chi connectivity index (χ1) is 7.92. The van der Waals surface area contributed by atoms with E-state index in [0.29, 0.717) is 10.2 Å². The number of oxime groups is 1. The van der Waals surface area contributed by atoms with Gasteiger partial charge in [0.15, 0.2) is 0 Å². The zero-order valence-electron chi connectivity index (χ0n) is 8.91. The minimum atomic E-state index is -1.41. The lowest BCUT2D eigenvalue weighted by Gasteiger charge is -2.14. The van der Waals surface area contributed by atoms with Gasteiger partial charge in [-0.25, -0.2) is 9.18 Å². The van der Waals surface area contributed by atoms with E-state index >= 15 is 0 Å². The van der Waals surface area contributed by atoms with E-state index < -0.39 is 17.4 Å². The molecule has 0 spiro atoms. The van der Waals surface area contributed by atoms with Crippen molar-refractivity contribution in [3.63, 3.8) is 0 Å². The van der Waals surface area contributed by atoms with Crippen LogP contribution in [0.5, 0.6) is 0 Å². The molecule has 1 aromatic carbocycles. The van der Waals surface area contributed by atoms with E-state index in [0.717, 1.165) is 0 Å². The number of aliphatic carboxylic acids is 1. The second-order valence-corrected chi connectivity index (χ2v) is 4.88. The molecule has 0 saturated heterocycles. The first-order valence-electron chi connectivity index (χ1n) is 4.86. The highest BCUT2D eigenvalue weighted by molar-refractivity contribution is 9.10. The molecule has 1 aromatic rings. The number of carbonyl (C=O) groups is 1. The molecule has 17 heavy (non-hydrogen) atoms. The van der Waals surface area contributed by atoms with E-state index in [-0.39, 0.29) is 12.0 Å². The molecule has 0 amide bonds. The van der Waals surface area contributed by atoms with E-state index in [1.54, 1.807) is 12.1 Å². The van der Waals surface area contributed by atoms with Crippen LogP contribution in [0.15, 0.2) is 27.8 Å². The number of benzene rings is 1. The number of rotatable bonds is 2. The first-order valence-corrected chi connectivity index (χ1v) is 5.65. The Morgan fingerprint density at radius 3 is 2.94 bits per heavy atom. The molecule has 1 aliphatic heterocycles. The molecular weight excluding hydrogens is 293 g/mol. The summed E-state index contributed by atoms with van der Waals surface area (Å²) in [6.45, 7) is 1.40. The third-order valence-corrected chi connectivity index (χ3v) is 3.05. The third kappa shape index (κ3) is 2.17. The monoisotopic (exact) mass is 301 g/mol. The van der Waals surface area contributed by atoms with Crippen LogP contribution >= 0.6 is 15.9 Å². The molecule has 0 bridgehead atoms. The largest absolute Gasteiger partial charge is 0.478 e. The average Bonchev–Trinajstić information content (AvgIpc) is 2.66. The predicted octanol–water partition coefficient (Wildman–Crippen LogP) is 2.56. The van der Waals surface area contributed by atoms with Gasteiger partial charge < -0.3 is 9.94 Å². The summed E-state index contributed by atoms with van der Waals surface area (Å²) < 4.78 is 14.3. The van der Waals surface area contributed by atoms with Crippen molar-refractivity contribution in [3.8, 4) is 0 Å². The van der Waals surface area contributed by atoms with Crippen molar-refractivity contribution >= 4 is 27.6 Å². The summed E-state index contributed by atoms with van der Waals surface area (Å²) in [6.07, 6.45) is 0.0374. The van der Waals surface area contributed by atoms with Gasteiger partial charge in [0, 0.05) is 16.5 Å². The van der Waals surface area contributed by atoms with Crippen LogP contribution in [0, 0.1) is 5.82 Å². The van der Waals surface area contributed by atoms with Crippen molar-refractivity contribution in [1.29, 1.82) is 0 Å². The molecule has 1 heterocycles. The van der Waals surface area contributed by atoms with Crippen LogP contribution in [0.2, 0.25) is 0 Å². The highest BCUT2D eigenvalue weighted by Crippen LogP contribution is 2.28. The number of nitrogens with zero attached hydrogens (tertiary/aromatic N) is 1. The second kappa shape index (κ2) is 4.10. The van der Waals surface area contributed by atoms with Crippen LogP contribution < -0.4 is 0 Å². The fourth-order valence-corrected chi connectivity index (χ4v) is 1.88. The van der Waals surface area contributed by atoms with Crippen molar-refractivity contribution in [2.24, 2.45) is 5.16 Å². The molecule has 1 atom stereocenters. The molecule has 0 radical (unpaired) electrons. The van der Waals surface area contributed by atoms with Gasteiger partial charge in [-0.15, -0.1) is 0 Å². The molecule has 90 valence electrons. The molecule has 0 saturated carbocycles. The van der Waals surface area contributed by atoms with Crippen LogP contribution in [0.25, 0.3) is 0 Å². The van der Waals surface area contributed by atoms with Gasteiger partial charge in [-0.2, -0.15) is 0 Å². The molecule has 6 heteroatoms. The third-order valence-electron chi connectivity index (χ3n) is 2.55. The first kappa shape index (κ1) is 12.0. The predicted molar refractivity (Wildman–Crippen MR) is 62.4 cm³/mol.